The molecule has 0 saturated carbocycles. The summed E-state index contributed by atoms with van der Waals surface area (Å²) in [6.45, 7) is 0. The van der Waals surface area contributed by atoms with Crippen LogP contribution in [0, 0.1) is 0 Å². The van der Waals surface area contributed by atoms with E-state index < -0.39 is 0 Å². The number of hydrazone groups is 1. The zero-order valence-electron chi connectivity index (χ0n) is 11.1. The molecule has 0 radical (unpaired) electrons. The monoisotopic (exact) mass is 366 g/mol. The molecule has 0 saturated heterocycles. The smallest absolute Gasteiger partial charge is 0.271 e. The van der Waals surface area contributed by atoms with Crippen molar-refractivity contribution in [3.05, 3.63) is 63.1 Å². The molecule has 0 fully saturated rings. The van der Waals surface area contributed by atoms with Gasteiger partial charge >= 0.3 is 0 Å². The molecule has 108 valence electrons. The number of nitrogens with zero attached hydrogens (tertiary/aromatic N) is 1. The summed E-state index contributed by atoms with van der Waals surface area (Å²) in [6, 6.07) is 12.1. The second kappa shape index (κ2) is 7.24. The Morgan fingerprint density at radius 3 is 2.62 bits per heavy atom. The van der Waals surface area contributed by atoms with E-state index in [0.717, 1.165) is 15.8 Å². The van der Waals surface area contributed by atoms with Crippen LogP contribution in [0.5, 0.6) is 5.75 Å². The number of rotatable bonds is 4. The zero-order chi connectivity index (χ0) is 15.2. The number of hydrogen-bond acceptors (Lipinski definition) is 3. The minimum absolute atomic E-state index is 0.296. The van der Waals surface area contributed by atoms with Gasteiger partial charge in [0.25, 0.3) is 5.91 Å². The minimum atomic E-state index is -0.296. The van der Waals surface area contributed by atoms with Crippen molar-refractivity contribution in [2.24, 2.45) is 5.10 Å². The molecule has 4 nitrogen and oxygen atoms in total. The lowest BCUT2D eigenvalue weighted by Gasteiger charge is -2.03. The zero-order valence-corrected chi connectivity index (χ0v) is 13.5. The maximum absolute atomic E-state index is 11.8. The molecule has 1 amide bonds. The SMILES string of the molecule is COc1ccc(/C=N\NC(=O)c2ccc(Cl)cc2)cc1Br. The average molecular weight is 368 g/mol. The van der Waals surface area contributed by atoms with Crippen molar-refractivity contribution in [3.63, 3.8) is 0 Å². The van der Waals surface area contributed by atoms with E-state index in [1.54, 1.807) is 37.6 Å². The van der Waals surface area contributed by atoms with Crippen molar-refractivity contribution in [1.82, 2.24) is 5.43 Å². The second-order valence-corrected chi connectivity index (χ2v) is 5.39. The average Bonchev–Trinajstić information content (AvgIpc) is 2.48. The maximum Gasteiger partial charge on any atom is 0.271 e. The van der Waals surface area contributed by atoms with E-state index in [0.29, 0.717) is 10.6 Å². The molecule has 21 heavy (non-hydrogen) atoms. The van der Waals surface area contributed by atoms with E-state index in [9.17, 15) is 4.79 Å². The quantitative estimate of drug-likeness (QED) is 0.659. The van der Waals surface area contributed by atoms with Gasteiger partial charge in [-0.1, -0.05) is 11.6 Å². The summed E-state index contributed by atoms with van der Waals surface area (Å²) in [5.41, 5.74) is 3.78. The molecule has 0 atom stereocenters. The van der Waals surface area contributed by atoms with Gasteiger partial charge in [0.15, 0.2) is 0 Å². The number of amides is 1. The molecule has 0 aliphatic heterocycles. The number of ether oxygens (including phenoxy) is 1. The van der Waals surface area contributed by atoms with Gasteiger partial charge in [-0.3, -0.25) is 4.79 Å². The van der Waals surface area contributed by atoms with Crippen molar-refractivity contribution in [2.45, 2.75) is 0 Å². The third kappa shape index (κ3) is 4.31. The van der Waals surface area contributed by atoms with Crippen LogP contribution in [0.2, 0.25) is 5.02 Å². The lowest BCUT2D eigenvalue weighted by molar-refractivity contribution is 0.0955. The van der Waals surface area contributed by atoms with Crippen LogP contribution in [-0.2, 0) is 0 Å². The van der Waals surface area contributed by atoms with Crippen LogP contribution >= 0.6 is 27.5 Å². The largest absolute Gasteiger partial charge is 0.496 e. The molecule has 0 aliphatic carbocycles. The molecule has 2 rings (SSSR count). The molecule has 0 aromatic heterocycles. The summed E-state index contributed by atoms with van der Waals surface area (Å²) >= 11 is 9.15. The van der Waals surface area contributed by atoms with Crippen LogP contribution in [-0.4, -0.2) is 19.2 Å². The van der Waals surface area contributed by atoms with E-state index in [1.165, 1.54) is 0 Å². The molecule has 1 N–H and O–H groups in total. The van der Waals surface area contributed by atoms with Gasteiger partial charge in [0.05, 0.1) is 17.8 Å². The van der Waals surface area contributed by atoms with E-state index in [-0.39, 0.29) is 5.91 Å². The van der Waals surface area contributed by atoms with Crippen molar-refractivity contribution in [2.75, 3.05) is 7.11 Å². The maximum atomic E-state index is 11.8. The van der Waals surface area contributed by atoms with E-state index in [2.05, 4.69) is 26.5 Å². The number of hydrogen-bond donors (Lipinski definition) is 1. The lowest BCUT2D eigenvalue weighted by atomic mass is 10.2. The molecule has 0 spiro atoms. The van der Waals surface area contributed by atoms with Crippen LogP contribution in [0.3, 0.4) is 0 Å². The predicted octanol–water partition coefficient (Wildman–Crippen LogP) is 3.88. The number of halogens is 2. The summed E-state index contributed by atoms with van der Waals surface area (Å²) in [6.07, 6.45) is 1.55. The summed E-state index contributed by atoms with van der Waals surface area (Å²) in [5, 5.41) is 4.50. The molecule has 2 aromatic rings. The fraction of sp³-hybridized carbons (Fsp3) is 0.0667. The fourth-order valence-electron chi connectivity index (χ4n) is 1.59. The van der Waals surface area contributed by atoms with E-state index in [4.69, 9.17) is 16.3 Å². The topological polar surface area (TPSA) is 50.7 Å². The Labute approximate surface area is 135 Å². The summed E-state index contributed by atoms with van der Waals surface area (Å²) in [4.78, 5) is 11.8. The Hall–Kier alpha value is -1.85. The Balaban J connectivity index is 2.00. The first-order chi connectivity index (χ1) is 10.1. The Kier molecular flexibility index (Phi) is 5.36. The molecule has 2 aromatic carbocycles. The summed E-state index contributed by atoms with van der Waals surface area (Å²) < 4.78 is 5.96. The fourth-order valence-corrected chi connectivity index (χ4v) is 2.28. The molecule has 0 heterocycles. The molecular formula is C15H12BrClN2O2. The molecule has 0 bridgehead atoms. The van der Waals surface area contributed by atoms with Gasteiger partial charge in [0.1, 0.15) is 5.75 Å². The number of carbonyl (C=O) groups is 1. The first kappa shape index (κ1) is 15.5. The van der Waals surface area contributed by atoms with Gasteiger partial charge < -0.3 is 4.74 Å². The van der Waals surface area contributed by atoms with Gasteiger partial charge in [0.2, 0.25) is 0 Å². The number of carbonyl (C=O) groups excluding carboxylic acids is 1. The molecule has 0 aliphatic rings. The Morgan fingerprint density at radius 2 is 2.00 bits per heavy atom. The normalized spacial score (nSPS) is 10.6. The van der Waals surface area contributed by atoms with Crippen LogP contribution in [0.1, 0.15) is 15.9 Å². The van der Waals surface area contributed by atoms with Crippen LogP contribution < -0.4 is 10.2 Å². The van der Waals surface area contributed by atoms with Crippen LogP contribution in [0.4, 0.5) is 0 Å². The third-order valence-corrected chi connectivity index (χ3v) is 3.53. The van der Waals surface area contributed by atoms with Gasteiger partial charge in [-0.25, -0.2) is 5.43 Å². The number of methoxy groups -OCH3 is 1. The standard InChI is InChI=1S/C15H12BrClN2O2/c1-21-14-7-2-10(8-13(14)16)9-18-19-15(20)11-3-5-12(17)6-4-11/h2-9H,1H3,(H,19,20)/b18-9-. The lowest BCUT2D eigenvalue weighted by Crippen LogP contribution is -2.17. The van der Waals surface area contributed by atoms with E-state index >= 15 is 0 Å². The van der Waals surface area contributed by atoms with Crippen molar-refractivity contribution >= 4 is 39.7 Å². The van der Waals surface area contributed by atoms with Gasteiger partial charge in [-0.2, -0.15) is 5.10 Å². The highest BCUT2D eigenvalue weighted by atomic mass is 79.9. The van der Waals surface area contributed by atoms with Gasteiger partial charge in [-0.05, 0) is 64.0 Å². The van der Waals surface area contributed by atoms with Crippen molar-refractivity contribution < 1.29 is 9.53 Å². The Bertz CT molecular complexity index is 672. The minimum Gasteiger partial charge on any atom is -0.496 e. The van der Waals surface area contributed by atoms with Crippen molar-refractivity contribution in [1.29, 1.82) is 0 Å². The van der Waals surface area contributed by atoms with E-state index in [1.807, 2.05) is 18.2 Å². The third-order valence-electron chi connectivity index (χ3n) is 2.66. The number of benzene rings is 2. The molecular weight excluding hydrogens is 356 g/mol. The van der Waals surface area contributed by atoms with Gasteiger partial charge in [0, 0.05) is 10.6 Å². The predicted molar refractivity (Wildman–Crippen MR) is 87.2 cm³/mol. The number of nitrogens with one attached hydrogen (secondary N) is 1. The second-order valence-electron chi connectivity index (χ2n) is 4.10. The highest BCUT2D eigenvalue weighted by Gasteiger charge is 2.03. The summed E-state index contributed by atoms with van der Waals surface area (Å²) in [7, 11) is 1.60. The Morgan fingerprint density at radius 1 is 1.29 bits per heavy atom. The summed E-state index contributed by atoms with van der Waals surface area (Å²) in [5.74, 6) is 0.438. The van der Waals surface area contributed by atoms with Gasteiger partial charge in [-0.15, -0.1) is 0 Å². The van der Waals surface area contributed by atoms with Crippen LogP contribution in [0.25, 0.3) is 0 Å². The highest BCUT2D eigenvalue weighted by molar-refractivity contribution is 9.10. The molecule has 0 unspecified atom stereocenters. The van der Waals surface area contributed by atoms with Crippen LogP contribution in [0.15, 0.2) is 52.0 Å². The first-order valence-corrected chi connectivity index (χ1v) is 7.20. The highest BCUT2D eigenvalue weighted by Crippen LogP contribution is 2.24. The first-order valence-electron chi connectivity index (χ1n) is 6.02. The molecule has 6 heteroatoms. The van der Waals surface area contributed by atoms with Crippen molar-refractivity contribution in [3.8, 4) is 5.75 Å².